The van der Waals surface area contributed by atoms with Crippen LogP contribution in [0.15, 0.2) is 134 Å². The van der Waals surface area contributed by atoms with E-state index in [1.165, 1.54) is 141 Å². The maximum Gasteiger partial charge on any atom is 0.306 e. The molecule has 0 aliphatic carbocycles. The fourth-order valence-corrected chi connectivity index (χ4v) is 8.76. The van der Waals surface area contributed by atoms with E-state index < -0.39 is 6.10 Å². The van der Waals surface area contributed by atoms with E-state index in [0.29, 0.717) is 12.8 Å². The van der Waals surface area contributed by atoms with Crippen molar-refractivity contribution in [2.24, 2.45) is 0 Å². The second-order valence-electron chi connectivity index (χ2n) is 20.7. The van der Waals surface area contributed by atoms with Gasteiger partial charge < -0.3 is 14.6 Å². The zero-order chi connectivity index (χ0) is 54.8. The van der Waals surface area contributed by atoms with Crippen LogP contribution < -0.4 is 0 Å². The Balaban J connectivity index is 3.51. The van der Waals surface area contributed by atoms with Crippen LogP contribution in [0.1, 0.15) is 284 Å². The Hall–Kier alpha value is -3.96. The summed E-state index contributed by atoms with van der Waals surface area (Å²) in [4.78, 5) is 24.6. The lowest BCUT2D eigenvalue weighted by atomic mass is 10.0. The van der Waals surface area contributed by atoms with E-state index in [-0.39, 0.29) is 25.2 Å². The first-order chi connectivity index (χ1) is 37.6. The minimum absolute atomic E-state index is 0.0753. The van der Waals surface area contributed by atoms with E-state index >= 15 is 0 Å². The van der Waals surface area contributed by atoms with Gasteiger partial charge in [0.2, 0.25) is 0 Å². The van der Waals surface area contributed by atoms with Gasteiger partial charge in [0.05, 0.1) is 6.61 Å². The van der Waals surface area contributed by atoms with Crippen molar-refractivity contribution in [1.82, 2.24) is 0 Å². The Morgan fingerprint density at radius 3 is 0.789 bits per heavy atom. The number of ether oxygens (including phenoxy) is 2. The molecule has 0 saturated carbocycles. The highest BCUT2D eigenvalue weighted by Gasteiger charge is 2.16. The van der Waals surface area contributed by atoms with E-state index in [0.717, 1.165) is 116 Å². The van der Waals surface area contributed by atoms with E-state index in [1.807, 2.05) is 0 Å². The zero-order valence-corrected chi connectivity index (χ0v) is 49.5. The third-order valence-corrected chi connectivity index (χ3v) is 13.4. The lowest BCUT2D eigenvalue weighted by Crippen LogP contribution is -2.28. The predicted octanol–water partition coefficient (Wildman–Crippen LogP) is 22.0. The molecule has 0 bridgehead atoms. The number of rotatable bonds is 57. The van der Waals surface area contributed by atoms with Crippen LogP contribution in [-0.4, -0.2) is 36.4 Å². The maximum absolute atomic E-state index is 12.3. The average Bonchev–Trinajstić information content (AvgIpc) is 3.42. The Bertz CT molecular complexity index is 1570. The molecule has 0 radical (unpaired) electrons. The van der Waals surface area contributed by atoms with Gasteiger partial charge in [-0.25, -0.2) is 0 Å². The van der Waals surface area contributed by atoms with Crippen LogP contribution in [-0.2, 0) is 19.1 Å². The summed E-state index contributed by atoms with van der Waals surface area (Å²) in [6, 6.07) is 0. The molecule has 0 aromatic rings. The van der Waals surface area contributed by atoms with Gasteiger partial charge >= 0.3 is 11.9 Å². The average molecular weight is 1050 g/mol. The molecule has 0 saturated heterocycles. The van der Waals surface area contributed by atoms with Crippen LogP contribution in [0.5, 0.6) is 0 Å². The largest absolute Gasteiger partial charge is 0.462 e. The van der Waals surface area contributed by atoms with Gasteiger partial charge in [0, 0.05) is 12.8 Å². The van der Waals surface area contributed by atoms with Gasteiger partial charge in [0.25, 0.3) is 0 Å². The number of hydrogen-bond donors (Lipinski definition) is 1. The van der Waals surface area contributed by atoms with Crippen molar-refractivity contribution in [2.75, 3.05) is 13.2 Å². The van der Waals surface area contributed by atoms with Gasteiger partial charge in [-0.2, -0.15) is 0 Å². The van der Waals surface area contributed by atoms with Gasteiger partial charge in [-0.3, -0.25) is 9.59 Å². The highest BCUT2D eigenvalue weighted by molar-refractivity contribution is 5.70. The SMILES string of the molecule is CC/C=C\C/C=C\C/C=C\C/C=C\C/C=C\C/C=C\C/C=C\CCCCCCCCCC(=O)OC(CO)COC(=O)CCCCCCCCCCCCCCCCCCCCCC/C=C\C/C=C\C/C=C\C/C=C\CC. The molecule has 0 aliphatic rings. The molecule has 0 rings (SSSR count). The molecule has 5 nitrogen and oxygen atoms in total. The molecule has 1 unspecified atom stereocenters. The van der Waals surface area contributed by atoms with E-state index in [2.05, 4.69) is 148 Å². The van der Waals surface area contributed by atoms with Crippen molar-refractivity contribution in [3.63, 3.8) is 0 Å². The molecule has 432 valence electrons. The number of unbranched alkanes of at least 4 members (excludes halogenated alkanes) is 27. The summed E-state index contributed by atoms with van der Waals surface area (Å²) in [7, 11) is 0. The van der Waals surface area contributed by atoms with Crippen molar-refractivity contribution in [3.05, 3.63) is 134 Å². The first-order valence-electron chi connectivity index (χ1n) is 31.7. The van der Waals surface area contributed by atoms with E-state index in [4.69, 9.17) is 9.47 Å². The first-order valence-corrected chi connectivity index (χ1v) is 31.7. The minimum Gasteiger partial charge on any atom is -0.462 e. The van der Waals surface area contributed by atoms with Crippen LogP contribution in [0, 0.1) is 0 Å². The van der Waals surface area contributed by atoms with Crippen LogP contribution in [0.3, 0.4) is 0 Å². The van der Waals surface area contributed by atoms with E-state index in [9.17, 15) is 14.7 Å². The van der Waals surface area contributed by atoms with Crippen LogP contribution >= 0.6 is 0 Å². The minimum atomic E-state index is -0.787. The Morgan fingerprint density at radius 2 is 0.526 bits per heavy atom. The maximum atomic E-state index is 12.3. The highest BCUT2D eigenvalue weighted by atomic mass is 16.6. The summed E-state index contributed by atoms with van der Waals surface area (Å²) in [6.45, 7) is 3.92. The summed E-state index contributed by atoms with van der Waals surface area (Å²) < 4.78 is 10.7. The first kappa shape index (κ1) is 72.0. The Kier molecular flexibility index (Phi) is 61.9. The molecule has 0 amide bonds. The number of allylic oxidation sites excluding steroid dienone is 22. The summed E-state index contributed by atoms with van der Waals surface area (Å²) in [5.41, 5.74) is 0. The second kappa shape index (κ2) is 65.3. The van der Waals surface area contributed by atoms with Gasteiger partial charge in [0.1, 0.15) is 6.61 Å². The van der Waals surface area contributed by atoms with Crippen molar-refractivity contribution in [1.29, 1.82) is 0 Å². The standard InChI is InChI=1S/C71H118O5/c1-3-5-7-9-11-13-15-17-19-21-23-25-27-29-31-33-34-35-36-38-39-41-43-45-47-49-51-53-55-57-59-61-63-65-70(73)75-68-69(67-72)76-71(74)66-64-62-60-58-56-54-52-50-48-46-44-42-40-37-32-30-28-26-24-22-20-18-16-14-12-10-8-6-4-2/h5-8,11-14,17-20,23-26,30,32,40,42,46,48,69,72H,3-4,9-10,15-16,21-22,27-29,31,33-39,41,43-45,47,49-68H2,1-2H3/b7-5-,8-6-,13-11-,14-12-,19-17-,20-18-,25-23-,26-24-,32-30-,42-40-,48-46-. The molecule has 76 heavy (non-hydrogen) atoms. The highest BCUT2D eigenvalue weighted by Crippen LogP contribution is 2.17. The van der Waals surface area contributed by atoms with Crippen molar-refractivity contribution >= 4 is 11.9 Å². The number of aliphatic hydroxyl groups is 1. The lowest BCUT2D eigenvalue weighted by Gasteiger charge is -2.15. The molecule has 0 heterocycles. The van der Waals surface area contributed by atoms with Crippen molar-refractivity contribution in [3.8, 4) is 0 Å². The molecular weight excluding hydrogens is 933 g/mol. The normalized spacial score (nSPS) is 13.1. The number of esters is 2. The topological polar surface area (TPSA) is 72.8 Å². The predicted molar refractivity (Wildman–Crippen MR) is 334 cm³/mol. The summed E-state index contributed by atoms with van der Waals surface area (Å²) in [5.74, 6) is -0.602. The molecule has 0 fully saturated rings. The molecule has 5 heteroatoms. The van der Waals surface area contributed by atoms with Gasteiger partial charge in [-0.05, 0) is 109 Å². The molecule has 1 atom stereocenters. The molecule has 0 aliphatic heterocycles. The van der Waals surface area contributed by atoms with Crippen molar-refractivity contribution < 1.29 is 24.2 Å². The summed E-state index contributed by atoms with van der Waals surface area (Å²) in [6.07, 6.45) is 97.3. The van der Waals surface area contributed by atoms with Crippen molar-refractivity contribution in [2.45, 2.75) is 290 Å². The lowest BCUT2D eigenvalue weighted by molar-refractivity contribution is -0.161. The molecular formula is C71H118O5. The van der Waals surface area contributed by atoms with Crippen LogP contribution in [0.25, 0.3) is 0 Å². The fraction of sp³-hybridized carbons (Fsp3) is 0.662. The monoisotopic (exact) mass is 1050 g/mol. The Morgan fingerprint density at radius 1 is 0.303 bits per heavy atom. The molecule has 0 aromatic heterocycles. The van der Waals surface area contributed by atoms with E-state index in [1.54, 1.807) is 0 Å². The third kappa shape index (κ3) is 62.6. The molecule has 0 spiro atoms. The zero-order valence-electron chi connectivity index (χ0n) is 49.5. The van der Waals surface area contributed by atoms with Crippen LogP contribution in [0.2, 0.25) is 0 Å². The van der Waals surface area contributed by atoms with Gasteiger partial charge in [-0.15, -0.1) is 0 Å². The third-order valence-electron chi connectivity index (χ3n) is 13.4. The molecule has 0 aromatic carbocycles. The second-order valence-corrected chi connectivity index (χ2v) is 20.7. The van der Waals surface area contributed by atoms with Gasteiger partial charge in [0.15, 0.2) is 6.10 Å². The molecule has 1 N–H and O–H groups in total. The van der Waals surface area contributed by atoms with Gasteiger partial charge in [-0.1, -0.05) is 295 Å². The van der Waals surface area contributed by atoms with Crippen LogP contribution in [0.4, 0.5) is 0 Å². The summed E-state index contributed by atoms with van der Waals surface area (Å²) >= 11 is 0. The quantitative estimate of drug-likeness (QED) is 0.0373. The number of aliphatic hydroxyl groups excluding tert-OH is 1. The Labute approximate surface area is 470 Å². The summed E-state index contributed by atoms with van der Waals surface area (Å²) in [5, 5.41) is 9.68. The fourth-order valence-electron chi connectivity index (χ4n) is 8.76. The smallest absolute Gasteiger partial charge is 0.306 e. The number of carbonyl (C=O) groups excluding carboxylic acids is 2. The number of hydrogen-bond acceptors (Lipinski definition) is 5. The number of carbonyl (C=O) groups is 2.